The van der Waals surface area contributed by atoms with Gasteiger partial charge in [0.1, 0.15) is 11.6 Å². The molecule has 1 aromatic carbocycles. The lowest BCUT2D eigenvalue weighted by Gasteiger charge is -2.22. The van der Waals surface area contributed by atoms with Gasteiger partial charge in [0.2, 0.25) is 0 Å². The fraction of sp³-hybridized carbons (Fsp3) is 0.423. The molecule has 2 N–H and O–H groups in total. The Morgan fingerprint density at radius 1 is 1.16 bits per heavy atom. The second-order valence-corrected chi connectivity index (χ2v) is 8.19. The minimum absolute atomic E-state index is 0.165. The zero-order chi connectivity index (χ0) is 21.9. The number of carbonyl (C=O) groups is 1. The smallest absolute Gasteiger partial charge is 0.152 e. The van der Waals surface area contributed by atoms with Crippen LogP contribution < -0.4 is 5.32 Å². The van der Waals surface area contributed by atoms with Crippen LogP contribution in [0.5, 0.6) is 5.75 Å². The lowest BCUT2D eigenvalue weighted by atomic mass is 9.86. The van der Waals surface area contributed by atoms with Crippen LogP contribution in [0, 0.1) is 5.92 Å². The molecule has 0 radical (unpaired) electrons. The molecule has 0 atom stereocenters. The Morgan fingerprint density at radius 3 is 2.68 bits per heavy atom. The van der Waals surface area contributed by atoms with Crippen LogP contribution in [0.3, 0.4) is 0 Å². The number of aromatic hydroxyl groups is 1. The van der Waals surface area contributed by atoms with Crippen LogP contribution in [0.15, 0.2) is 54.8 Å². The number of Topliss-reactive ketones (excluding diaryl/α,β-unsaturated/α-hetero) is 1. The van der Waals surface area contributed by atoms with Crippen molar-refractivity contribution >= 4 is 11.6 Å². The minimum Gasteiger partial charge on any atom is -0.508 e. The first-order chi connectivity index (χ1) is 15.2. The van der Waals surface area contributed by atoms with Gasteiger partial charge in [-0.25, -0.2) is 9.97 Å². The predicted molar refractivity (Wildman–Crippen MR) is 126 cm³/mol. The molecule has 0 spiro atoms. The normalized spacial score (nSPS) is 15.0. The maximum atomic E-state index is 12.3. The van der Waals surface area contributed by atoms with Crippen molar-refractivity contribution in [2.24, 2.45) is 5.92 Å². The fourth-order valence-corrected chi connectivity index (χ4v) is 3.95. The van der Waals surface area contributed by atoms with Crippen LogP contribution >= 0.6 is 0 Å². The Bertz CT molecular complexity index is 897. The molecule has 0 saturated heterocycles. The summed E-state index contributed by atoms with van der Waals surface area (Å²) in [7, 11) is 0. The van der Waals surface area contributed by atoms with Gasteiger partial charge in [-0.2, -0.15) is 0 Å². The van der Waals surface area contributed by atoms with E-state index in [2.05, 4.69) is 10.3 Å². The molecule has 2 aromatic rings. The van der Waals surface area contributed by atoms with Gasteiger partial charge in [0.25, 0.3) is 0 Å². The van der Waals surface area contributed by atoms with E-state index in [0.29, 0.717) is 18.2 Å². The van der Waals surface area contributed by atoms with Crippen LogP contribution in [0.25, 0.3) is 11.3 Å². The number of allylic oxidation sites excluding steroid dienone is 4. The van der Waals surface area contributed by atoms with Crippen LogP contribution in [0.2, 0.25) is 0 Å². The van der Waals surface area contributed by atoms with Crippen molar-refractivity contribution in [1.82, 2.24) is 9.97 Å². The van der Waals surface area contributed by atoms with Gasteiger partial charge < -0.3 is 10.4 Å². The number of phenols is 1. The highest BCUT2D eigenvalue weighted by Gasteiger charge is 2.18. The van der Waals surface area contributed by atoms with Crippen LogP contribution in [0.1, 0.15) is 57.6 Å². The zero-order valence-electron chi connectivity index (χ0n) is 18.4. The number of ketones is 1. The summed E-state index contributed by atoms with van der Waals surface area (Å²) < 4.78 is 0. The monoisotopic (exact) mass is 419 g/mol. The molecule has 31 heavy (non-hydrogen) atoms. The third-order valence-electron chi connectivity index (χ3n) is 5.70. The van der Waals surface area contributed by atoms with Gasteiger partial charge in [-0.1, -0.05) is 56.4 Å². The molecule has 1 saturated carbocycles. The molecule has 1 aliphatic carbocycles. The molecule has 1 aromatic heterocycles. The van der Waals surface area contributed by atoms with E-state index in [-0.39, 0.29) is 18.1 Å². The standard InChI is InChI=1S/C26H33N3O2/c1-2-3-4-5-9-12-23(31)18-27-26-24(17-20-10-7-6-8-11-20)29-25(19-28-26)21-13-15-22(30)16-14-21/h2-5,13-16,19-20,30H,6-12,17-18H2,1H3,(H,27,28)/b3-2-,5-4-. The van der Waals surface area contributed by atoms with Crippen molar-refractivity contribution in [3.63, 3.8) is 0 Å². The maximum absolute atomic E-state index is 12.3. The molecule has 1 heterocycles. The lowest BCUT2D eigenvalue weighted by molar-refractivity contribution is -0.117. The quantitative estimate of drug-likeness (QED) is 0.471. The molecule has 5 nitrogen and oxygen atoms in total. The Hall–Kier alpha value is -2.95. The first-order valence-corrected chi connectivity index (χ1v) is 11.3. The predicted octanol–water partition coefficient (Wildman–Crippen LogP) is 5.87. The number of aromatic nitrogens is 2. The number of carbonyl (C=O) groups excluding carboxylic acids is 1. The molecule has 3 rings (SSSR count). The van der Waals surface area contributed by atoms with Gasteiger partial charge in [-0.15, -0.1) is 0 Å². The van der Waals surface area contributed by atoms with Crippen molar-refractivity contribution < 1.29 is 9.90 Å². The Morgan fingerprint density at radius 2 is 1.94 bits per heavy atom. The van der Waals surface area contributed by atoms with Gasteiger partial charge in [0.15, 0.2) is 5.78 Å². The van der Waals surface area contributed by atoms with Crippen molar-refractivity contribution in [3.05, 3.63) is 60.5 Å². The minimum atomic E-state index is 0.165. The van der Waals surface area contributed by atoms with Crippen LogP contribution in [-0.4, -0.2) is 27.4 Å². The Kier molecular flexibility index (Phi) is 8.83. The van der Waals surface area contributed by atoms with Gasteiger partial charge in [-0.3, -0.25) is 4.79 Å². The summed E-state index contributed by atoms with van der Waals surface area (Å²) >= 11 is 0. The summed E-state index contributed by atoms with van der Waals surface area (Å²) in [6, 6.07) is 7.02. The largest absolute Gasteiger partial charge is 0.508 e. The van der Waals surface area contributed by atoms with Crippen LogP contribution in [0.4, 0.5) is 5.82 Å². The summed E-state index contributed by atoms with van der Waals surface area (Å²) in [6.07, 6.45) is 18.1. The van der Waals surface area contributed by atoms with E-state index in [1.807, 2.05) is 43.4 Å². The summed E-state index contributed by atoms with van der Waals surface area (Å²) in [5.74, 6) is 1.73. The molecular formula is C26H33N3O2. The van der Waals surface area contributed by atoms with E-state index in [4.69, 9.17) is 4.98 Å². The number of phenolic OH excluding ortho intramolecular Hbond substituents is 1. The first kappa shape index (κ1) is 22.7. The maximum Gasteiger partial charge on any atom is 0.152 e. The summed E-state index contributed by atoms with van der Waals surface area (Å²) in [6.45, 7) is 2.24. The van der Waals surface area contributed by atoms with Gasteiger partial charge in [-0.05, 0) is 49.9 Å². The Balaban J connectivity index is 1.69. The number of anilines is 1. The van der Waals surface area contributed by atoms with Crippen molar-refractivity contribution in [1.29, 1.82) is 0 Å². The average Bonchev–Trinajstić information content (AvgIpc) is 2.79. The SMILES string of the molecule is C/C=C\C=C/CCC(=O)CNc1ncc(-c2ccc(O)cc2)nc1CC1CCCCC1. The lowest BCUT2D eigenvalue weighted by Crippen LogP contribution is -2.18. The van der Waals surface area contributed by atoms with E-state index in [9.17, 15) is 9.90 Å². The third kappa shape index (κ3) is 7.35. The fourth-order valence-electron chi connectivity index (χ4n) is 3.95. The van der Waals surface area contributed by atoms with Crippen LogP contribution in [-0.2, 0) is 11.2 Å². The molecule has 5 heteroatoms. The van der Waals surface area contributed by atoms with Gasteiger partial charge in [0.05, 0.1) is 24.1 Å². The molecule has 0 aliphatic heterocycles. The van der Waals surface area contributed by atoms with E-state index < -0.39 is 0 Å². The average molecular weight is 420 g/mol. The molecule has 1 aliphatic rings. The summed E-state index contributed by atoms with van der Waals surface area (Å²) in [5.41, 5.74) is 2.64. The zero-order valence-corrected chi connectivity index (χ0v) is 18.4. The third-order valence-corrected chi connectivity index (χ3v) is 5.70. The van der Waals surface area contributed by atoms with Crippen molar-refractivity contribution in [3.8, 4) is 17.0 Å². The molecule has 0 bridgehead atoms. The molecule has 0 amide bonds. The number of nitrogens with one attached hydrogen (secondary N) is 1. The van der Waals surface area contributed by atoms with E-state index in [1.54, 1.807) is 18.3 Å². The second-order valence-electron chi connectivity index (χ2n) is 8.19. The first-order valence-electron chi connectivity index (χ1n) is 11.3. The summed E-state index contributed by atoms with van der Waals surface area (Å²) in [4.78, 5) is 21.8. The van der Waals surface area contributed by atoms with E-state index in [0.717, 1.165) is 29.8 Å². The topological polar surface area (TPSA) is 75.1 Å². The number of hydrogen-bond donors (Lipinski definition) is 2. The number of hydrogen-bond acceptors (Lipinski definition) is 5. The van der Waals surface area contributed by atoms with Gasteiger partial charge in [0, 0.05) is 12.0 Å². The highest BCUT2D eigenvalue weighted by atomic mass is 16.3. The molecule has 0 unspecified atom stereocenters. The van der Waals surface area contributed by atoms with Gasteiger partial charge >= 0.3 is 0 Å². The number of rotatable bonds is 10. The van der Waals surface area contributed by atoms with Crippen molar-refractivity contribution in [2.45, 2.75) is 58.3 Å². The van der Waals surface area contributed by atoms with Crippen molar-refractivity contribution in [2.75, 3.05) is 11.9 Å². The molecule has 1 fully saturated rings. The highest BCUT2D eigenvalue weighted by Crippen LogP contribution is 2.29. The number of benzene rings is 1. The second kappa shape index (κ2) is 12.0. The van der Waals surface area contributed by atoms with E-state index >= 15 is 0 Å². The Labute approximate surface area is 185 Å². The number of nitrogens with zero attached hydrogens (tertiary/aromatic N) is 2. The summed E-state index contributed by atoms with van der Waals surface area (Å²) in [5, 5.41) is 12.8. The highest BCUT2D eigenvalue weighted by molar-refractivity contribution is 5.82. The van der Waals surface area contributed by atoms with E-state index in [1.165, 1.54) is 32.1 Å². The molecule has 164 valence electrons. The molecular weight excluding hydrogens is 386 g/mol.